The zero-order valence-electron chi connectivity index (χ0n) is 12.5. The van der Waals surface area contributed by atoms with Crippen LogP contribution in [0.1, 0.15) is 25.5 Å². The van der Waals surface area contributed by atoms with Gasteiger partial charge in [-0.3, -0.25) is 0 Å². The van der Waals surface area contributed by atoms with Crippen molar-refractivity contribution in [3.05, 3.63) is 28.4 Å². The third kappa shape index (κ3) is 3.10. The molecule has 5 nitrogen and oxygen atoms in total. The number of hydrogen-bond acceptors (Lipinski definition) is 5. The van der Waals surface area contributed by atoms with Crippen LogP contribution in [0.2, 0.25) is 0 Å². The number of halogens is 1. The van der Waals surface area contributed by atoms with Crippen LogP contribution in [-0.2, 0) is 0 Å². The summed E-state index contributed by atoms with van der Waals surface area (Å²) in [6, 6.07) is 5.55. The van der Waals surface area contributed by atoms with Crippen LogP contribution in [0.5, 0.6) is 11.5 Å². The molecule has 0 aliphatic carbocycles. The molecular weight excluding hydrogens is 334 g/mol. The van der Waals surface area contributed by atoms with E-state index >= 15 is 0 Å². The molecule has 21 heavy (non-hydrogen) atoms. The van der Waals surface area contributed by atoms with E-state index in [1.165, 1.54) is 0 Å². The van der Waals surface area contributed by atoms with E-state index in [1.807, 2.05) is 18.2 Å². The molecule has 0 atom stereocenters. The third-order valence-corrected chi connectivity index (χ3v) is 3.90. The first-order chi connectivity index (χ1) is 9.97. The zero-order valence-corrected chi connectivity index (χ0v) is 14.1. The minimum atomic E-state index is 0.239. The fourth-order valence-corrected chi connectivity index (χ4v) is 2.60. The summed E-state index contributed by atoms with van der Waals surface area (Å²) in [4.78, 5) is 8.94. The van der Waals surface area contributed by atoms with Crippen LogP contribution in [0.4, 0.5) is 5.82 Å². The minimum Gasteiger partial charge on any atom is -0.493 e. The van der Waals surface area contributed by atoms with E-state index in [1.54, 1.807) is 14.2 Å². The van der Waals surface area contributed by atoms with Gasteiger partial charge in [0.1, 0.15) is 5.82 Å². The van der Waals surface area contributed by atoms with E-state index < -0.39 is 0 Å². The first kappa shape index (κ1) is 15.6. The Hall–Kier alpha value is -1.82. The normalized spacial score (nSPS) is 10.8. The molecule has 112 valence electrons. The molecule has 1 heterocycles. The molecule has 0 aliphatic rings. The second-order valence-corrected chi connectivity index (χ2v) is 5.65. The molecule has 0 spiro atoms. The molecule has 0 saturated carbocycles. The number of methoxy groups -OCH3 is 2. The molecule has 2 aromatic rings. The number of nitrogens with zero attached hydrogens (tertiary/aromatic N) is 2. The lowest BCUT2D eigenvalue weighted by atomic mass is 10.1. The summed E-state index contributed by atoms with van der Waals surface area (Å²) in [6.45, 7) is 4.12. The Balaban J connectivity index is 2.56. The van der Waals surface area contributed by atoms with Gasteiger partial charge in [0.05, 0.1) is 24.4 Å². The van der Waals surface area contributed by atoms with Crippen LogP contribution in [-0.4, -0.2) is 24.2 Å². The summed E-state index contributed by atoms with van der Waals surface area (Å²) >= 11 is 3.44. The maximum atomic E-state index is 5.97. The molecule has 0 amide bonds. The lowest BCUT2D eigenvalue weighted by molar-refractivity contribution is 0.355. The molecule has 6 heteroatoms. The summed E-state index contributed by atoms with van der Waals surface area (Å²) in [6.07, 6.45) is 0. The van der Waals surface area contributed by atoms with Gasteiger partial charge in [0, 0.05) is 5.56 Å². The van der Waals surface area contributed by atoms with Crippen molar-refractivity contribution in [2.45, 2.75) is 19.8 Å². The summed E-state index contributed by atoms with van der Waals surface area (Å²) in [7, 11) is 3.19. The van der Waals surface area contributed by atoms with Gasteiger partial charge < -0.3 is 15.2 Å². The van der Waals surface area contributed by atoms with Crippen LogP contribution in [0, 0.1) is 0 Å². The van der Waals surface area contributed by atoms with Crippen LogP contribution in [0.3, 0.4) is 0 Å². The maximum absolute atomic E-state index is 5.97. The number of nitrogens with two attached hydrogens (primary N) is 1. The van der Waals surface area contributed by atoms with Crippen LogP contribution in [0.25, 0.3) is 11.4 Å². The summed E-state index contributed by atoms with van der Waals surface area (Å²) < 4.78 is 11.3. The monoisotopic (exact) mass is 351 g/mol. The van der Waals surface area contributed by atoms with Gasteiger partial charge in [0.15, 0.2) is 17.3 Å². The predicted octanol–water partition coefficient (Wildman–Crippen LogP) is 3.63. The standard InChI is InChI=1S/C15H18BrN3O2/c1-8(2)13-12(16)14(17)19-15(18-13)9-5-6-10(20-3)11(7-9)21-4/h5-8H,1-4H3,(H2,17,18,19). The van der Waals surface area contributed by atoms with Crippen molar-refractivity contribution < 1.29 is 9.47 Å². The zero-order chi connectivity index (χ0) is 15.6. The number of hydrogen-bond donors (Lipinski definition) is 1. The van der Waals surface area contributed by atoms with Gasteiger partial charge in [-0.15, -0.1) is 0 Å². The topological polar surface area (TPSA) is 70.3 Å². The van der Waals surface area contributed by atoms with Gasteiger partial charge >= 0.3 is 0 Å². The van der Waals surface area contributed by atoms with E-state index in [9.17, 15) is 0 Å². The fraction of sp³-hybridized carbons (Fsp3) is 0.333. The van der Waals surface area contributed by atoms with Crippen molar-refractivity contribution in [2.75, 3.05) is 20.0 Å². The molecular formula is C15H18BrN3O2. The molecule has 1 aromatic carbocycles. The highest BCUT2D eigenvalue weighted by Gasteiger charge is 2.15. The second kappa shape index (κ2) is 6.30. The average Bonchev–Trinajstić information content (AvgIpc) is 2.48. The number of aromatic nitrogens is 2. The number of nitrogen functional groups attached to an aromatic ring is 1. The van der Waals surface area contributed by atoms with Gasteiger partial charge in [0.25, 0.3) is 0 Å². The molecule has 2 rings (SSSR count). The van der Waals surface area contributed by atoms with E-state index in [-0.39, 0.29) is 5.92 Å². The highest BCUT2D eigenvalue weighted by Crippen LogP contribution is 2.34. The van der Waals surface area contributed by atoms with Crippen molar-refractivity contribution in [3.8, 4) is 22.9 Å². The van der Waals surface area contributed by atoms with E-state index in [0.717, 1.165) is 15.7 Å². The Kier molecular flexibility index (Phi) is 4.67. The molecule has 0 fully saturated rings. The lowest BCUT2D eigenvalue weighted by Crippen LogP contribution is -2.04. The largest absolute Gasteiger partial charge is 0.493 e. The Morgan fingerprint density at radius 3 is 2.33 bits per heavy atom. The van der Waals surface area contributed by atoms with Crippen molar-refractivity contribution in [1.29, 1.82) is 0 Å². The van der Waals surface area contributed by atoms with Gasteiger partial charge in [-0.1, -0.05) is 13.8 Å². The summed E-state index contributed by atoms with van der Waals surface area (Å²) in [5.74, 6) is 2.53. The molecule has 0 bridgehead atoms. The number of anilines is 1. The molecule has 1 aromatic heterocycles. The Morgan fingerprint density at radius 2 is 1.76 bits per heavy atom. The van der Waals surface area contributed by atoms with Crippen molar-refractivity contribution in [2.24, 2.45) is 0 Å². The van der Waals surface area contributed by atoms with Crippen molar-refractivity contribution >= 4 is 21.7 Å². The number of rotatable bonds is 4. The molecule has 2 N–H and O–H groups in total. The number of ether oxygens (including phenoxy) is 2. The predicted molar refractivity (Wildman–Crippen MR) is 86.8 cm³/mol. The van der Waals surface area contributed by atoms with Gasteiger partial charge in [-0.05, 0) is 40.0 Å². The smallest absolute Gasteiger partial charge is 0.161 e. The summed E-state index contributed by atoms with van der Waals surface area (Å²) in [5, 5.41) is 0. The molecule has 0 unspecified atom stereocenters. The first-order valence-corrected chi connectivity index (χ1v) is 7.32. The number of benzene rings is 1. The SMILES string of the molecule is COc1ccc(-c2nc(N)c(Br)c(C(C)C)n2)cc1OC. The fourth-order valence-electron chi connectivity index (χ4n) is 1.97. The third-order valence-electron chi connectivity index (χ3n) is 3.09. The maximum Gasteiger partial charge on any atom is 0.161 e. The Morgan fingerprint density at radius 1 is 1.10 bits per heavy atom. The second-order valence-electron chi connectivity index (χ2n) is 4.86. The highest BCUT2D eigenvalue weighted by molar-refractivity contribution is 9.10. The van der Waals surface area contributed by atoms with Crippen LogP contribution in [0.15, 0.2) is 22.7 Å². The minimum absolute atomic E-state index is 0.239. The van der Waals surface area contributed by atoms with Gasteiger partial charge in [0.2, 0.25) is 0 Å². The lowest BCUT2D eigenvalue weighted by Gasteiger charge is -2.13. The molecule has 0 radical (unpaired) electrons. The van der Waals surface area contributed by atoms with Crippen LogP contribution < -0.4 is 15.2 Å². The summed E-state index contributed by atoms with van der Waals surface area (Å²) in [5.41, 5.74) is 7.68. The molecule has 0 aliphatic heterocycles. The quantitative estimate of drug-likeness (QED) is 0.910. The highest BCUT2D eigenvalue weighted by atomic mass is 79.9. The first-order valence-electron chi connectivity index (χ1n) is 6.53. The van der Waals surface area contributed by atoms with E-state index in [2.05, 4.69) is 39.7 Å². The van der Waals surface area contributed by atoms with Gasteiger partial charge in [-0.25, -0.2) is 9.97 Å². The van der Waals surface area contributed by atoms with Crippen LogP contribution >= 0.6 is 15.9 Å². The van der Waals surface area contributed by atoms with E-state index in [0.29, 0.717) is 23.1 Å². The van der Waals surface area contributed by atoms with Crippen molar-refractivity contribution in [1.82, 2.24) is 9.97 Å². The Bertz CT molecular complexity index is 660. The molecule has 0 saturated heterocycles. The Labute approximate surface area is 132 Å². The van der Waals surface area contributed by atoms with E-state index in [4.69, 9.17) is 15.2 Å². The van der Waals surface area contributed by atoms with Crippen molar-refractivity contribution in [3.63, 3.8) is 0 Å². The van der Waals surface area contributed by atoms with Gasteiger partial charge in [-0.2, -0.15) is 0 Å². The average molecular weight is 352 g/mol.